The van der Waals surface area contributed by atoms with Crippen molar-refractivity contribution in [1.82, 2.24) is 25.0 Å². The first kappa shape index (κ1) is 23.1. The first-order valence-corrected chi connectivity index (χ1v) is 11.9. The van der Waals surface area contributed by atoms with Gasteiger partial charge in [0.2, 0.25) is 0 Å². The summed E-state index contributed by atoms with van der Waals surface area (Å²) in [5.41, 5.74) is 2.37. The third-order valence-electron chi connectivity index (χ3n) is 6.54. The Hall–Kier alpha value is -3.61. The molecule has 0 aliphatic carbocycles. The van der Waals surface area contributed by atoms with E-state index in [0.717, 1.165) is 17.0 Å². The van der Waals surface area contributed by atoms with Gasteiger partial charge in [0.05, 0.1) is 43.0 Å². The second-order valence-corrected chi connectivity index (χ2v) is 9.32. The molecule has 10 heteroatoms. The largest absolute Gasteiger partial charge is 0.493 e. The number of aromatic nitrogens is 3. The lowest BCUT2D eigenvalue weighted by Crippen LogP contribution is -2.43. The van der Waals surface area contributed by atoms with Crippen molar-refractivity contribution in [3.05, 3.63) is 75.8 Å². The average Bonchev–Trinajstić information content (AvgIpc) is 3.42. The molecular weight excluding hydrogens is 468 g/mol. The second-order valence-electron chi connectivity index (χ2n) is 8.88. The number of fused-ring (bicyclic) bond motifs is 1. The Bertz CT molecular complexity index is 1290. The van der Waals surface area contributed by atoms with Gasteiger partial charge in [-0.1, -0.05) is 29.8 Å². The number of nitrogens with zero attached hydrogens (tertiary/aromatic N) is 5. The number of aryl methyl sites for hydroxylation is 1. The summed E-state index contributed by atoms with van der Waals surface area (Å²) < 4.78 is 7.68. The second kappa shape index (κ2) is 9.56. The van der Waals surface area contributed by atoms with Crippen molar-refractivity contribution in [2.75, 3.05) is 13.2 Å². The molecule has 2 aliphatic heterocycles. The summed E-state index contributed by atoms with van der Waals surface area (Å²) in [7, 11) is 0. The van der Waals surface area contributed by atoms with Crippen molar-refractivity contribution in [1.29, 1.82) is 5.26 Å². The molecule has 180 valence electrons. The lowest BCUT2D eigenvalue weighted by molar-refractivity contribution is 0.163. The number of ether oxygens (including phenoxy) is 1. The number of benzene rings is 2. The fourth-order valence-electron chi connectivity index (χ4n) is 4.74. The number of hydrogen-bond acceptors (Lipinski definition) is 6. The third-order valence-corrected chi connectivity index (χ3v) is 6.79. The molecule has 2 amide bonds. The van der Waals surface area contributed by atoms with Crippen LogP contribution in [0.4, 0.5) is 4.79 Å². The van der Waals surface area contributed by atoms with Crippen LogP contribution in [0, 0.1) is 18.3 Å². The number of carbonyl (C=O) groups is 1. The first-order valence-electron chi connectivity index (χ1n) is 11.5. The molecule has 1 aromatic heterocycles. The zero-order valence-corrected chi connectivity index (χ0v) is 19.9. The van der Waals surface area contributed by atoms with E-state index in [9.17, 15) is 9.90 Å². The predicted molar refractivity (Wildman–Crippen MR) is 128 cm³/mol. The van der Waals surface area contributed by atoms with E-state index in [1.54, 1.807) is 17.0 Å². The maximum Gasteiger partial charge on any atom is 0.318 e. The Kier molecular flexibility index (Phi) is 6.32. The van der Waals surface area contributed by atoms with Gasteiger partial charge in [0.15, 0.2) is 5.82 Å². The van der Waals surface area contributed by atoms with Crippen LogP contribution in [0.15, 0.2) is 42.5 Å². The van der Waals surface area contributed by atoms with E-state index in [2.05, 4.69) is 21.6 Å². The van der Waals surface area contributed by atoms with Crippen LogP contribution in [0.1, 0.15) is 53.3 Å². The van der Waals surface area contributed by atoms with Crippen LogP contribution in [0.3, 0.4) is 0 Å². The number of aliphatic hydroxyl groups is 1. The zero-order valence-electron chi connectivity index (χ0n) is 19.2. The number of amides is 2. The van der Waals surface area contributed by atoms with Crippen molar-refractivity contribution >= 4 is 17.6 Å². The number of likely N-dealkylation sites (tertiary alicyclic amines) is 1. The molecule has 9 nitrogen and oxygen atoms in total. The topological polar surface area (TPSA) is 116 Å². The number of nitriles is 1. The molecular formula is C25H25ClN6O3. The number of aliphatic hydroxyl groups excluding tert-OH is 1. The van der Waals surface area contributed by atoms with Gasteiger partial charge in [0, 0.05) is 30.0 Å². The molecule has 5 rings (SSSR count). The van der Waals surface area contributed by atoms with Gasteiger partial charge in [-0.2, -0.15) is 5.26 Å². The van der Waals surface area contributed by atoms with Crippen molar-refractivity contribution in [3.8, 4) is 11.8 Å². The summed E-state index contributed by atoms with van der Waals surface area (Å²) in [6.07, 6.45) is 0.325. The summed E-state index contributed by atoms with van der Waals surface area (Å²) in [5, 5.41) is 32.0. The molecule has 0 radical (unpaired) electrons. The highest BCUT2D eigenvalue weighted by Crippen LogP contribution is 2.35. The minimum absolute atomic E-state index is 0.201. The van der Waals surface area contributed by atoms with E-state index in [-0.39, 0.29) is 18.6 Å². The maximum atomic E-state index is 13.4. The summed E-state index contributed by atoms with van der Waals surface area (Å²) in [6.45, 7) is 3.04. The summed E-state index contributed by atoms with van der Waals surface area (Å²) in [5.74, 6) is 1.97. The molecule has 3 aromatic rings. The van der Waals surface area contributed by atoms with Gasteiger partial charge in [0.1, 0.15) is 11.6 Å². The monoisotopic (exact) mass is 492 g/mol. The van der Waals surface area contributed by atoms with Crippen LogP contribution < -0.4 is 10.1 Å². The Morgan fingerprint density at radius 1 is 1.29 bits per heavy atom. The van der Waals surface area contributed by atoms with Gasteiger partial charge in [0.25, 0.3) is 0 Å². The van der Waals surface area contributed by atoms with E-state index in [1.165, 1.54) is 0 Å². The number of β-amino-alcohol motifs (C(OH)–C–C–N with tert-alkyl or cyclic N) is 1. The summed E-state index contributed by atoms with van der Waals surface area (Å²) in [6, 6.07) is 13.9. The van der Waals surface area contributed by atoms with Gasteiger partial charge >= 0.3 is 6.03 Å². The normalized spacial score (nSPS) is 21.2. The Balaban J connectivity index is 1.38. The minimum Gasteiger partial charge on any atom is -0.493 e. The van der Waals surface area contributed by atoms with E-state index in [0.29, 0.717) is 48.2 Å². The van der Waals surface area contributed by atoms with Crippen molar-refractivity contribution in [3.63, 3.8) is 0 Å². The van der Waals surface area contributed by atoms with Crippen molar-refractivity contribution < 1.29 is 14.6 Å². The summed E-state index contributed by atoms with van der Waals surface area (Å²) in [4.78, 5) is 15.1. The first-order chi connectivity index (χ1) is 16.9. The molecule has 0 bridgehead atoms. The van der Waals surface area contributed by atoms with Crippen LogP contribution in [-0.4, -0.2) is 50.1 Å². The number of urea groups is 1. The molecule has 1 saturated heterocycles. The minimum atomic E-state index is -0.660. The lowest BCUT2D eigenvalue weighted by atomic mass is 9.99. The van der Waals surface area contributed by atoms with E-state index < -0.39 is 12.1 Å². The van der Waals surface area contributed by atoms with Crippen LogP contribution >= 0.6 is 11.6 Å². The number of carbonyl (C=O) groups excluding carboxylic acids is 1. The molecule has 1 fully saturated rings. The van der Waals surface area contributed by atoms with Crippen LogP contribution in [0.2, 0.25) is 5.02 Å². The van der Waals surface area contributed by atoms with Gasteiger partial charge in [-0.05, 0) is 36.8 Å². The fraction of sp³-hybridized carbons (Fsp3) is 0.360. The lowest BCUT2D eigenvalue weighted by Gasteiger charge is -2.30. The van der Waals surface area contributed by atoms with Crippen LogP contribution in [-0.2, 0) is 6.54 Å². The quantitative estimate of drug-likeness (QED) is 0.575. The molecule has 35 heavy (non-hydrogen) atoms. The smallest absolute Gasteiger partial charge is 0.318 e. The van der Waals surface area contributed by atoms with Crippen LogP contribution in [0.25, 0.3) is 0 Å². The van der Waals surface area contributed by atoms with E-state index in [4.69, 9.17) is 21.6 Å². The van der Waals surface area contributed by atoms with Gasteiger partial charge in [-0.15, -0.1) is 10.2 Å². The molecule has 2 N–H and O–H groups in total. The molecule has 2 aliphatic rings. The zero-order chi connectivity index (χ0) is 24.5. The van der Waals surface area contributed by atoms with Crippen molar-refractivity contribution in [2.24, 2.45) is 0 Å². The number of halogens is 1. The van der Waals surface area contributed by atoms with Crippen LogP contribution in [0.5, 0.6) is 5.75 Å². The fourth-order valence-corrected chi connectivity index (χ4v) is 4.86. The molecule has 3 unspecified atom stereocenters. The van der Waals surface area contributed by atoms with E-state index in [1.807, 2.05) is 41.8 Å². The van der Waals surface area contributed by atoms with Gasteiger partial charge < -0.3 is 24.6 Å². The van der Waals surface area contributed by atoms with E-state index >= 15 is 0 Å². The predicted octanol–water partition coefficient (Wildman–Crippen LogP) is 3.50. The number of rotatable bonds is 4. The maximum absolute atomic E-state index is 13.4. The molecule has 3 heterocycles. The highest BCUT2D eigenvalue weighted by atomic mass is 35.5. The van der Waals surface area contributed by atoms with Crippen molar-refractivity contribution in [2.45, 2.75) is 44.5 Å². The highest BCUT2D eigenvalue weighted by Gasteiger charge is 2.39. The third kappa shape index (κ3) is 4.67. The average molecular weight is 493 g/mol. The highest BCUT2D eigenvalue weighted by molar-refractivity contribution is 6.30. The Labute approximate surface area is 207 Å². The molecule has 2 aromatic carbocycles. The Morgan fingerprint density at radius 2 is 2.09 bits per heavy atom. The molecule has 0 spiro atoms. The van der Waals surface area contributed by atoms with Gasteiger partial charge in [-0.25, -0.2) is 4.79 Å². The Morgan fingerprint density at radius 3 is 2.86 bits per heavy atom. The standard InChI is InChI=1S/C25H25ClN6O3/c1-15-29-30-24(31(15)13-16-2-5-18(26)6-3-16)22-11-19(33)14-32(22)25(34)28-21-8-9-35-23-10-17(12-27)4-7-20(21)23/h2-7,10,19,21-22,33H,8-9,11,13-14H2,1H3,(H,28,34). The number of hydrogen-bond donors (Lipinski definition) is 2. The van der Waals surface area contributed by atoms with Gasteiger partial charge in [-0.3, -0.25) is 0 Å². The molecule has 0 saturated carbocycles. The number of nitrogens with one attached hydrogen (secondary N) is 1. The summed E-state index contributed by atoms with van der Waals surface area (Å²) >= 11 is 6.02. The SMILES string of the molecule is Cc1nnc(C2CC(O)CN2C(=O)NC2CCOc3cc(C#N)ccc32)n1Cc1ccc(Cl)cc1. The molecule has 3 atom stereocenters.